The van der Waals surface area contributed by atoms with Crippen molar-refractivity contribution in [3.63, 3.8) is 0 Å². The van der Waals surface area contributed by atoms with Crippen LogP contribution in [0.25, 0.3) is 0 Å². The summed E-state index contributed by atoms with van der Waals surface area (Å²) in [4.78, 5) is 11.4. The van der Waals surface area contributed by atoms with E-state index in [2.05, 4.69) is 0 Å². The zero-order chi connectivity index (χ0) is 18.3. The number of aromatic hydroxyl groups is 1. The van der Waals surface area contributed by atoms with E-state index in [9.17, 15) is 9.90 Å². The SMILES string of the molecule is CC(=O)Oc1c(C)c(C)c(O)c(CC[C@@]2(C)COC(C)(C)O2)c1C. The highest BCUT2D eigenvalue weighted by Crippen LogP contribution is 2.40. The molecule has 0 bridgehead atoms. The van der Waals surface area contributed by atoms with E-state index in [1.165, 1.54) is 6.92 Å². The summed E-state index contributed by atoms with van der Waals surface area (Å²) in [5, 5.41) is 10.6. The zero-order valence-electron chi connectivity index (χ0n) is 15.7. The van der Waals surface area contributed by atoms with Gasteiger partial charge in [-0.15, -0.1) is 0 Å². The topological polar surface area (TPSA) is 65.0 Å². The molecule has 1 saturated heterocycles. The largest absolute Gasteiger partial charge is 0.507 e. The molecule has 0 spiro atoms. The normalized spacial score (nSPS) is 22.6. The zero-order valence-corrected chi connectivity index (χ0v) is 15.7. The molecule has 0 saturated carbocycles. The minimum atomic E-state index is -0.585. The number of hydrogen-bond acceptors (Lipinski definition) is 5. The molecule has 24 heavy (non-hydrogen) atoms. The van der Waals surface area contributed by atoms with Gasteiger partial charge in [-0.3, -0.25) is 4.79 Å². The molecule has 0 radical (unpaired) electrons. The third-order valence-corrected chi connectivity index (χ3v) is 4.70. The number of esters is 1. The summed E-state index contributed by atoms with van der Waals surface area (Å²) >= 11 is 0. The first-order valence-corrected chi connectivity index (χ1v) is 8.30. The van der Waals surface area contributed by atoms with Crippen LogP contribution in [-0.4, -0.2) is 29.1 Å². The molecular formula is C19H28O5. The number of carbonyl (C=O) groups is 1. The Hall–Kier alpha value is -1.59. The lowest BCUT2D eigenvalue weighted by Gasteiger charge is -2.26. The van der Waals surface area contributed by atoms with Crippen LogP contribution in [-0.2, 0) is 20.7 Å². The maximum atomic E-state index is 11.4. The van der Waals surface area contributed by atoms with Gasteiger partial charge in [0.25, 0.3) is 0 Å². The average Bonchev–Trinajstić information content (AvgIpc) is 2.75. The van der Waals surface area contributed by atoms with Crippen molar-refractivity contribution in [2.45, 2.75) is 72.7 Å². The number of benzene rings is 1. The fraction of sp³-hybridized carbons (Fsp3) is 0.632. The molecule has 1 atom stereocenters. The van der Waals surface area contributed by atoms with E-state index in [-0.39, 0.29) is 11.7 Å². The van der Waals surface area contributed by atoms with Gasteiger partial charge in [0.1, 0.15) is 11.5 Å². The molecule has 1 N–H and O–H groups in total. The van der Waals surface area contributed by atoms with E-state index in [0.717, 1.165) is 22.3 Å². The standard InChI is InChI=1S/C19H28O5/c1-11-12(2)17(23-14(4)20)13(3)15(16(11)21)8-9-19(7)10-22-18(5,6)24-19/h21H,8-10H2,1-7H3/t19-/m0/s1. The molecule has 1 fully saturated rings. The van der Waals surface area contributed by atoms with Gasteiger partial charge < -0.3 is 19.3 Å². The summed E-state index contributed by atoms with van der Waals surface area (Å²) in [6.45, 7) is 13.3. The Morgan fingerprint density at radius 2 is 1.79 bits per heavy atom. The Balaban J connectivity index is 2.30. The number of ether oxygens (including phenoxy) is 3. The average molecular weight is 336 g/mol. The molecule has 1 aromatic carbocycles. The van der Waals surface area contributed by atoms with Crippen molar-refractivity contribution in [3.05, 3.63) is 22.3 Å². The number of rotatable bonds is 4. The first-order chi connectivity index (χ1) is 11.0. The lowest BCUT2D eigenvalue weighted by molar-refractivity contribution is -0.158. The Labute approximate surface area is 143 Å². The molecule has 134 valence electrons. The second kappa shape index (κ2) is 6.37. The Bertz CT molecular complexity index is 662. The van der Waals surface area contributed by atoms with Crippen LogP contribution in [0.3, 0.4) is 0 Å². The summed E-state index contributed by atoms with van der Waals surface area (Å²) in [5.74, 6) is -0.138. The molecule has 1 aliphatic heterocycles. The third kappa shape index (κ3) is 3.73. The van der Waals surface area contributed by atoms with Crippen molar-refractivity contribution in [3.8, 4) is 11.5 Å². The monoisotopic (exact) mass is 336 g/mol. The summed E-state index contributed by atoms with van der Waals surface area (Å²) in [6, 6.07) is 0. The Morgan fingerprint density at radius 1 is 1.17 bits per heavy atom. The first kappa shape index (κ1) is 18.7. The van der Waals surface area contributed by atoms with Gasteiger partial charge in [0.05, 0.1) is 12.2 Å². The van der Waals surface area contributed by atoms with Crippen LogP contribution in [0.2, 0.25) is 0 Å². The molecule has 1 aliphatic rings. The smallest absolute Gasteiger partial charge is 0.308 e. The Morgan fingerprint density at radius 3 is 2.29 bits per heavy atom. The maximum absolute atomic E-state index is 11.4. The molecule has 5 nitrogen and oxygen atoms in total. The molecule has 0 aromatic heterocycles. The maximum Gasteiger partial charge on any atom is 0.308 e. The third-order valence-electron chi connectivity index (χ3n) is 4.70. The Kier molecular flexibility index (Phi) is 4.98. The number of carbonyl (C=O) groups excluding carboxylic acids is 1. The highest BCUT2D eigenvalue weighted by Gasteiger charge is 2.41. The van der Waals surface area contributed by atoms with Crippen molar-refractivity contribution in [2.75, 3.05) is 6.61 Å². The summed E-state index contributed by atoms with van der Waals surface area (Å²) in [5.41, 5.74) is 2.72. The van der Waals surface area contributed by atoms with E-state index < -0.39 is 11.4 Å². The fourth-order valence-electron chi connectivity index (χ4n) is 3.26. The van der Waals surface area contributed by atoms with E-state index in [1.807, 2.05) is 41.5 Å². The number of phenols is 1. The summed E-state index contributed by atoms with van der Waals surface area (Å²) < 4.78 is 17.0. The van der Waals surface area contributed by atoms with Crippen LogP contribution in [0.1, 0.15) is 56.4 Å². The molecular weight excluding hydrogens is 308 g/mol. The van der Waals surface area contributed by atoms with Crippen molar-refractivity contribution in [1.82, 2.24) is 0 Å². The predicted octanol–water partition coefficient (Wildman–Crippen LogP) is 3.72. The van der Waals surface area contributed by atoms with Gasteiger partial charge in [-0.05, 0) is 71.1 Å². The van der Waals surface area contributed by atoms with E-state index >= 15 is 0 Å². The highest BCUT2D eigenvalue weighted by molar-refractivity contribution is 5.72. The highest BCUT2D eigenvalue weighted by atomic mass is 16.7. The van der Waals surface area contributed by atoms with Crippen LogP contribution in [0.5, 0.6) is 11.5 Å². The van der Waals surface area contributed by atoms with E-state index in [0.29, 0.717) is 25.2 Å². The van der Waals surface area contributed by atoms with Gasteiger partial charge in [0.2, 0.25) is 0 Å². The van der Waals surface area contributed by atoms with Gasteiger partial charge in [0.15, 0.2) is 5.79 Å². The van der Waals surface area contributed by atoms with Crippen LogP contribution < -0.4 is 4.74 Å². The first-order valence-electron chi connectivity index (χ1n) is 8.30. The van der Waals surface area contributed by atoms with Crippen molar-refractivity contribution < 1.29 is 24.1 Å². The predicted molar refractivity (Wildman–Crippen MR) is 91.5 cm³/mol. The molecule has 2 rings (SSSR count). The second-order valence-electron chi connectivity index (χ2n) is 7.37. The number of phenolic OH excluding ortho intramolecular Hbond substituents is 1. The van der Waals surface area contributed by atoms with Crippen LogP contribution in [0, 0.1) is 20.8 Å². The minimum Gasteiger partial charge on any atom is -0.507 e. The second-order valence-corrected chi connectivity index (χ2v) is 7.37. The van der Waals surface area contributed by atoms with E-state index in [4.69, 9.17) is 14.2 Å². The quantitative estimate of drug-likeness (QED) is 0.670. The lowest BCUT2D eigenvalue weighted by Crippen LogP contribution is -2.31. The van der Waals surface area contributed by atoms with Gasteiger partial charge in [-0.1, -0.05) is 0 Å². The molecule has 5 heteroatoms. The van der Waals surface area contributed by atoms with E-state index in [1.54, 1.807) is 0 Å². The summed E-state index contributed by atoms with van der Waals surface area (Å²) in [6.07, 6.45) is 1.32. The lowest BCUT2D eigenvalue weighted by atomic mass is 9.91. The van der Waals surface area contributed by atoms with Gasteiger partial charge in [0, 0.05) is 12.5 Å². The van der Waals surface area contributed by atoms with Crippen LogP contribution >= 0.6 is 0 Å². The fourth-order valence-corrected chi connectivity index (χ4v) is 3.26. The van der Waals surface area contributed by atoms with Crippen LogP contribution in [0.15, 0.2) is 0 Å². The van der Waals surface area contributed by atoms with Gasteiger partial charge >= 0.3 is 5.97 Å². The van der Waals surface area contributed by atoms with Crippen LogP contribution in [0.4, 0.5) is 0 Å². The molecule has 0 amide bonds. The molecule has 0 aliphatic carbocycles. The van der Waals surface area contributed by atoms with Crippen molar-refractivity contribution in [2.24, 2.45) is 0 Å². The molecule has 0 unspecified atom stereocenters. The minimum absolute atomic E-state index is 0.266. The van der Waals surface area contributed by atoms with Gasteiger partial charge in [-0.2, -0.15) is 0 Å². The molecule has 1 heterocycles. The van der Waals surface area contributed by atoms with Gasteiger partial charge in [-0.25, -0.2) is 0 Å². The molecule has 1 aromatic rings. The number of hydrogen-bond donors (Lipinski definition) is 1. The van der Waals surface area contributed by atoms with Crippen molar-refractivity contribution >= 4 is 5.97 Å². The van der Waals surface area contributed by atoms with Crippen molar-refractivity contribution in [1.29, 1.82) is 0 Å². The summed E-state index contributed by atoms with van der Waals surface area (Å²) in [7, 11) is 0.